The molecule has 0 saturated heterocycles. The summed E-state index contributed by atoms with van der Waals surface area (Å²) in [4.78, 5) is 13.4. The highest BCUT2D eigenvalue weighted by Crippen LogP contribution is 2.30. The number of hydrogen-bond donors (Lipinski definition) is 1. The van der Waals surface area contributed by atoms with Crippen molar-refractivity contribution in [2.45, 2.75) is 72.4 Å². The van der Waals surface area contributed by atoms with Crippen LogP contribution in [0.3, 0.4) is 0 Å². The molecule has 2 aromatic carbocycles. The Bertz CT molecular complexity index is 1340. The Labute approximate surface area is 215 Å². The Morgan fingerprint density at radius 2 is 1.70 bits per heavy atom. The Balaban J connectivity index is 1.67. The zero-order valence-electron chi connectivity index (χ0n) is 21.6. The number of hydrogen-bond acceptors (Lipinski definition) is 4. The van der Waals surface area contributed by atoms with Crippen LogP contribution in [-0.4, -0.2) is 29.8 Å². The van der Waals surface area contributed by atoms with E-state index in [0.717, 1.165) is 41.5 Å². The number of H-pyrrole nitrogens is 1. The van der Waals surface area contributed by atoms with Gasteiger partial charge in [-0.15, -0.1) is 5.10 Å². The fourth-order valence-corrected chi connectivity index (χ4v) is 4.68. The van der Waals surface area contributed by atoms with Gasteiger partial charge >= 0.3 is 5.69 Å². The molecular weight excluding hydrogens is 474 g/mol. The average Bonchev–Trinajstić information content (AvgIpc) is 3.51. The summed E-state index contributed by atoms with van der Waals surface area (Å²) in [6.07, 6.45) is 1.06. The van der Waals surface area contributed by atoms with Gasteiger partial charge in [-0.25, -0.2) is 18.7 Å². The third-order valence-electron chi connectivity index (χ3n) is 6.66. The number of nitrogens with one attached hydrogen (secondary N) is 1. The first kappa shape index (κ1) is 26.4. The average molecular weight is 509 g/mol. The predicted octanol–water partition coefficient (Wildman–Crippen LogP) is 6.26. The highest BCUT2D eigenvalue weighted by Gasteiger charge is 2.26. The van der Waals surface area contributed by atoms with Gasteiger partial charge in [-0.3, -0.25) is 9.13 Å². The van der Waals surface area contributed by atoms with Crippen molar-refractivity contribution >= 4 is 0 Å². The lowest BCUT2D eigenvalue weighted by atomic mass is 9.98. The molecule has 0 fully saturated rings. The number of alkyl halides is 2. The fourth-order valence-electron chi connectivity index (χ4n) is 4.68. The Kier molecular flexibility index (Phi) is 8.63. The lowest BCUT2D eigenvalue weighted by Gasteiger charge is -2.12. The van der Waals surface area contributed by atoms with Crippen LogP contribution in [0.15, 0.2) is 53.3 Å². The summed E-state index contributed by atoms with van der Waals surface area (Å²) in [5.74, 6) is 0.918. The van der Waals surface area contributed by atoms with E-state index in [4.69, 9.17) is 0 Å². The third kappa shape index (κ3) is 6.03. The molecule has 0 unspecified atom stereocenters. The van der Waals surface area contributed by atoms with E-state index in [1.165, 1.54) is 4.57 Å². The molecule has 1 N–H and O–H groups in total. The fraction of sp³-hybridized carbons (Fsp3) is 0.429. The minimum atomic E-state index is -2.69. The topological polar surface area (TPSA) is 81.4 Å². The van der Waals surface area contributed by atoms with Gasteiger partial charge in [0.25, 0.3) is 6.43 Å². The number of benzene rings is 2. The van der Waals surface area contributed by atoms with Gasteiger partial charge in [0.05, 0.1) is 6.54 Å². The van der Waals surface area contributed by atoms with E-state index in [1.807, 2.05) is 48.5 Å². The van der Waals surface area contributed by atoms with Gasteiger partial charge in [0.2, 0.25) is 0 Å². The quantitative estimate of drug-likeness (QED) is 0.229. The Morgan fingerprint density at radius 3 is 2.32 bits per heavy atom. The van der Waals surface area contributed by atoms with Crippen molar-refractivity contribution in [1.29, 1.82) is 0 Å². The van der Waals surface area contributed by atoms with E-state index in [2.05, 4.69) is 41.4 Å². The molecule has 37 heavy (non-hydrogen) atoms. The van der Waals surface area contributed by atoms with Gasteiger partial charge in [0, 0.05) is 17.8 Å². The summed E-state index contributed by atoms with van der Waals surface area (Å²) in [6, 6.07) is 15.6. The largest absolute Gasteiger partial charge is 0.329 e. The molecule has 0 atom stereocenters. The maximum atomic E-state index is 14.3. The van der Waals surface area contributed by atoms with Crippen molar-refractivity contribution < 1.29 is 8.78 Å². The Hall–Kier alpha value is -3.62. The molecule has 196 valence electrons. The monoisotopic (exact) mass is 508 g/mol. The second-order valence-corrected chi connectivity index (χ2v) is 9.78. The second-order valence-electron chi connectivity index (χ2n) is 9.78. The zero-order chi connectivity index (χ0) is 26.4. The van der Waals surface area contributed by atoms with E-state index >= 15 is 0 Å². The van der Waals surface area contributed by atoms with E-state index in [1.54, 1.807) is 4.57 Å². The van der Waals surface area contributed by atoms with Crippen LogP contribution in [0.4, 0.5) is 8.78 Å². The number of aromatic amines is 1. The second kappa shape index (κ2) is 12.1. The van der Waals surface area contributed by atoms with Crippen LogP contribution in [0.5, 0.6) is 0 Å². The number of rotatable bonds is 12. The molecule has 7 nitrogen and oxygen atoms in total. The maximum absolute atomic E-state index is 14.3. The van der Waals surface area contributed by atoms with Gasteiger partial charge in [-0.05, 0) is 52.3 Å². The molecular formula is C28H34F2N6O. The number of aromatic nitrogens is 6. The molecule has 4 rings (SSSR count). The molecule has 0 amide bonds. The van der Waals surface area contributed by atoms with Crippen LogP contribution < -0.4 is 5.69 Å². The van der Waals surface area contributed by atoms with Crippen molar-refractivity contribution in [2.24, 2.45) is 5.92 Å². The number of halogens is 2. The molecule has 0 aliphatic rings. The summed E-state index contributed by atoms with van der Waals surface area (Å²) >= 11 is 0. The molecule has 0 bridgehead atoms. The minimum absolute atomic E-state index is 0.118. The van der Waals surface area contributed by atoms with Gasteiger partial charge in [0.15, 0.2) is 5.82 Å². The van der Waals surface area contributed by atoms with E-state index in [-0.39, 0.29) is 17.9 Å². The van der Waals surface area contributed by atoms with Crippen LogP contribution in [0, 0.1) is 5.92 Å². The minimum Gasteiger partial charge on any atom is -0.291 e. The molecule has 9 heteroatoms. The molecule has 2 heterocycles. The van der Waals surface area contributed by atoms with Crippen LogP contribution in [0.1, 0.15) is 69.8 Å². The van der Waals surface area contributed by atoms with E-state index in [0.29, 0.717) is 36.8 Å². The number of unbranched alkanes of at least 4 members (excludes halogenated alkanes) is 2. The lowest BCUT2D eigenvalue weighted by Crippen LogP contribution is -2.26. The van der Waals surface area contributed by atoms with Gasteiger partial charge in [-0.2, -0.15) is 0 Å². The summed E-state index contributed by atoms with van der Waals surface area (Å²) < 4.78 is 31.4. The number of imidazole rings is 1. The summed E-state index contributed by atoms with van der Waals surface area (Å²) in [5, 5.41) is 14.2. The van der Waals surface area contributed by atoms with Crippen molar-refractivity contribution in [2.75, 3.05) is 0 Å². The van der Waals surface area contributed by atoms with Crippen molar-refractivity contribution in [1.82, 2.24) is 29.8 Å². The van der Waals surface area contributed by atoms with Gasteiger partial charge in [-0.1, -0.05) is 82.1 Å². The molecule has 0 aliphatic heterocycles. The smallest absolute Gasteiger partial charge is 0.291 e. The van der Waals surface area contributed by atoms with Crippen LogP contribution in [-0.2, 0) is 19.5 Å². The molecule has 0 saturated carbocycles. The van der Waals surface area contributed by atoms with Crippen molar-refractivity contribution in [3.8, 4) is 22.5 Å². The first-order valence-corrected chi connectivity index (χ1v) is 12.9. The molecule has 0 aliphatic carbocycles. The maximum Gasteiger partial charge on any atom is 0.329 e. The van der Waals surface area contributed by atoms with E-state index < -0.39 is 6.43 Å². The number of nitrogens with zero attached hydrogens (tertiary/aromatic N) is 5. The van der Waals surface area contributed by atoms with Crippen LogP contribution in [0.25, 0.3) is 22.5 Å². The van der Waals surface area contributed by atoms with Crippen molar-refractivity contribution in [3.05, 3.63) is 76.0 Å². The van der Waals surface area contributed by atoms with Crippen LogP contribution in [0.2, 0.25) is 0 Å². The highest BCUT2D eigenvalue weighted by atomic mass is 19.3. The van der Waals surface area contributed by atoms with Gasteiger partial charge < -0.3 is 0 Å². The molecule has 0 spiro atoms. The molecule has 2 aromatic heterocycles. The summed E-state index contributed by atoms with van der Waals surface area (Å²) in [5.41, 5.74) is 3.67. The third-order valence-corrected chi connectivity index (χ3v) is 6.66. The Morgan fingerprint density at radius 1 is 0.973 bits per heavy atom. The molecule has 4 aromatic rings. The van der Waals surface area contributed by atoms with Crippen molar-refractivity contribution in [3.63, 3.8) is 0 Å². The standard InChI is InChI=1S/C28H34F2N6O/c1-4-5-8-17-35-25(26(29)30)24(16-11-19(2)3)36(28(35)37)18-20-12-14-21(15-13-20)22-9-6-7-10-23(22)27-31-33-34-32-27/h6-7,9-10,12-15,19,26H,4-5,8,11,16-18H2,1-3H3,(H,31,32,33,34). The van der Waals surface area contributed by atoms with Crippen LogP contribution >= 0.6 is 0 Å². The normalized spacial score (nSPS) is 11.6. The first-order chi connectivity index (χ1) is 17.9. The van der Waals surface area contributed by atoms with Gasteiger partial charge in [0.1, 0.15) is 5.69 Å². The predicted molar refractivity (Wildman–Crippen MR) is 140 cm³/mol. The first-order valence-electron chi connectivity index (χ1n) is 12.9. The summed E-state index contributed by atoms with van der Waals surface area (Å²) in [7, 11) is 0. The SMILES string of the molecule is CCCCCn1c(C(F)F)c(CCC(C)C)n(Cc2ccc(-c3ccccc3-c3nnn[nH]3)cc2)c1=O. The molecule has 0 radical (unpaired) electrons. The lowest BCUT2D eigenvalue weighted by molar-refractivity contribution is 0.138. The van der Waals surface area contributed by atoms with E-state index in [9.17, 15) is 13.6 Å². The zero-order valence-corrected chi connectivity index (χ0v) is 21.6. The highest BCUT2D eigenvalue weighted by molar-refractivity contribution is 5.80. The summed E-state index contributed by atoms with van der Waals surface area (Å²) in [6.45, 7) is 6.75. The number of tetrazole rings is 1.